The highest BCUT2D eigenvalue weighted by molar-refractivity contribution is 5.87. The van der Waals surface area contributed by atoms with E-state index >= 15 is 0 Å². The minimum Gasteiger partial charge on any atom is -0.453 e. The quantitative estimate of drug-likeness (QED) is 0.0358. The number of methoxy groups -OCH3 is 1. The third kappa shape index (κ3) is 12.3. The molecule has 2 N–H and O–H groups in total. The zero-order chi connectivity index (χ0) is 38.8. The van der Waals surface area contributed by atoms with Crippen molar-refractivity contribution in [2.45, 2.75) is 65.0 Å². The molecule has 4 aromatic rings. The molecule has 1 atom stereocenters. The van der Waals surface area contributed by atoms with Gasteiger partial charge < -0.3 is 28.6 Å². The SMILES string of the molecule is COC(=O)N[C@](OC(=O)OCCCCc1ccc(-c2ccccn2)cc1)(C(=O)ONOC(=O)OCCCCc1ccc(-c2ccccn2)cc1)C(C)(C)C. The van der Waals surface area contributed by atoms with Gasteiger partial charge in [-0.15, -0.1) is 0 Å². The Morgan fingerprint density at radius 1 is 0.630 bits per heavy atom. The van der Waals surface area contributed by atoms with Gasteiger partial charge in [-0.3, -0.25) is 15.3 Å². The number of aryl methyl sites for hydroxylation is 2. The average Bonchev–Trinajstić information content (AvgIpc) is 3.18. The molecule has 0 aliphatic heterocycles. The number of ether oxygens (including phenoxy) is 4. The second-order valence-corrected chi connectivity index (χ2v) is 13.2. The number of amides is 1. The molecule has 0 unspecified atom stereocenters. The molecule has 0 saturated heterocycles. The molecular weight excluding hydrogens is 696 g/mol. The predicted molar refractivity (Wildman–Crippen MR) is 197 cm³/mol. The standard InChI is InChI=1S/C40H46N4O10/c1-39(2,3)40(43-36(46)49-4,52-37(47)50-27-11-7-13-29-17-21-31(22-18-29)33-15-5-9-25-41-33)35(45)53-44-54-38(48)51-28-12-8-14-30-19-23-32(24-20-30)34-16-6-10-26-42-34/h5-6,9-10,15-26,44H,7-8,11-14,27-28H2,1-4H3,(H,43,46)/t40-/m0/s1. The van der Waals surface area contributed by atoms with Gasteiger partial charge >= 0.3 is 24.4 Å². The number of rotatable bonds is 17. The second kappa shape index (κ2) is 20.3. The Morgan fingerprint density at radius 3 is 1.57 bits per heavy atom. The van der Waals surface area contributed by atoms with Crippen LogP contribution in [0.15, 0.2) is 97.3 Å². The fraction of sp³-hybridized carbons (Fsp3) is 0.350. The van der Waals surface area contributed by atoms with Crippen LogP contribution in [-0.4, -0.2) is 60.4 Å². The first kappa shape index (κ1) is 40.7. The van der Waals surface area contributed by atoms with E-state index in [4.69, 9.17) is 19.0 Å². The maximum absolute atomic E-state index is 13.3. The number of unbranched alkanes of at least 4 members (excludes halogenated alkanes) is 2. The van der Waals surface area contributed by atoms with Crippen LogP contribution in [0.4, 0.5) is 14.4 Å². The lowest BCUT2D eigenvalue weighted by Gasteiger charge is -2.39. The van der Waals surface area contributed by atoms with E-state index in [0.29, 0.717) is 19.3 Å². The van der Waals surface area contributed by atoms with Crippen LogP contribution >= 0.6 is 0 Å². The van der Waals surface area contributed by atoms with E-state index in [0.717, 1.165) is 60.0 Å². The average molecular weight is 743 g/mol. The van der Waals surface area contributed by atoms with E-state index in [-0.39, 0.29) is 13.2 Å². The maximum Gasteiger partial charge on any atom is 0.530 e. The summed E-state index contributed by atoms with van der Waals surface area (Å²) >= 11 is 0. The van der Waals surface area contributed by atoms with E-state index in [1.807, 2.05) is 84.9 Å². The van der Waals surface area contributed by atoms with E-state index < -0.39 is 35.5 Å². The lowest BCUT2D eigenvalue weighted by molar-refractivity contribution is -0.217. The van der Waals surface area contributed by atoms with Crippen molar-refractivity contribution >= 4 is 24.4 Å². The molecule has 0 radical (unpaired) electrons. The number of aromatic nitrogens is 2. The van der Waals surface area contributed by atoms with E-state index in [9.17, 15) is 19.2 Å². The Morgan fingerprint density at radius 2 is 1.13 bits per heavy atom. The summed E-state index contributed by atoms with van der Waals surface area (Å²) in [6.07, 6.45) is 3.94. The maximum atomic E-state index is 13.3. The summed E-state index contributed by atoms with van der Waals surface area (Å²) in [5, 5.41) is 2.22. The molecule has 54 heavy (non-hydrogen) atoms. The van der Waals surface area contributed by atoms with Gasteiger partial charge in [-0.05, 0) is 73.9 Å². The van der Waals surface area contributed by atoms with Gasteiger partial charge in [0, 0.05) is 34.6 Å². The Bertz CT molecular complexity index is 1780. The van der Waals surface area contributed by atoms with Crippen LogP contribution in [0.2, 0.25) is 0 Å². The van der Waals surface area contributed by atoms with Gasteiger partial charge in [0.2, 0.25) is 0 Å². The monoisotopic (exact) mass is 742 g/mol. The van der Waals surface area contributed by atoms with Crippen LogP contribution in [0.3, 0.4) is 0 Å². The zero-order valence-electron chi connectivity index (χ0n) is 30.9. The topological polar surface area (TPSA) is 174 Å². The predicted octanol–water partition coefficient (Wildman–Crippen LogP) is 7.52. The lowest BCUT2D eigenvalue weighted by Crippen LogP contribution is -2.66. The Balaban J connectivity index is 1.18. The third-order valence-electron chi connectivity index (χ3n) is 8.29. The van der Waals surface area contributed by atoms with Gasteiger partial charge in [-0.1, -0.05) is 81.4 Å². The van der Waals surface area contributed by atoms with Crippen molar-refractivity contribution in [2.75, 3.05) is 20.3 Å². The number of hydrogen-bond donors (Lipinski definition) is 2. The lowest BCUT2D eigenvalue weighted by atomic mass is 9.82. The Labute approximate surface area is 314 Å². The first-order valence-corrected chi connectivity index (χ1v) is 17.5. The Kier molecular flexibility index (Phi) is 15.3. The van der Waals surface area contributed by atoms with Gasteiger partial charge in [0.25, 0.3) is 5.72 Å². The molecule has 14 heteroatoms. The number of hydrogen-bond acceptors (Lipinski definition) is 13. The molecule has 0 aliphatic rings. The molecule has 286 valence electrons. The molecule has 2 aromatic heterocycles. The number of carbonyl (C=O) groups is 4. The summed E-state index contributed by atoms with van der Waals surface area (Å²) in [6.45, 7) is 4.52. The van der Waals surface area contributed by atoms with Crippen molar-refractivity contribution in [1.29, 1.82) is 0 Å². The molecule has 14 nitrogen and oxygen atoms in total. The summed E-state index contributed by atoms with van der Waals surface area (Å²) < 4.78 is 20.3. The minimum absolute atomic E-state index is 0.0240. The molecule has 0 bridgehead atoms. The van der Waals surface area contributed by atoms with Crippen molar-refractivity contribution in [2.24, 2.45) is 5.41 Å². The smallest absolute Gasteiger partial charge is 0.453 e. The molecule has 0 aliphatic carbocycles. The van der Waals surface area contributed by atoms with E-state index in [1.54, 1.807) is 18.0 Å². The van der Waals surface area contributed by atoms with E-state index in [2.05, 4.69) is 24.9 Å². The van der Waals surface area contributed by atoms with Crippen LogP contribution in [0.25, 0.3) is 22.5 Å². The fourth-order valence-corrected chi connectivity index (χ4v) is 5.23. The zero-order valence-corrected chi connectivity index (χ0v) is 30.9. The number of nitrogens with zero attached hydrogens (tertiary/aromatic N) is 2. The molecule has 2 heterocycles. The third-order valence-corrected chi connectivity index (χ3v) is 8.29. The normalized spacial score (nSPS) is 12.1. The van der Waals surface area contributed by atoms with Crippen LogP contribution in [-0.2, 0) is 46.3 Å². The highest BCUT2D eigenvalue weighted by Gasteiger charge is 2.57. The highest BCUT2D eigenvalue weighted by Crippen LogP contribution is 2.34. The van der Waals surface area contributed by atoms with Crippen molar-refractivity contribution in [3.63, 3.8) is 0 Å². The van der Waals surface area contributed by atoms with Crippen LogP contribution in [0.5, 0.6) is 0 Å². The first-order valence-electron chi connectivity index (χ1n) is 17.5. The number of benzene rings is 2. The number of carbonyl (C=O) groups excluding carboxylic acids is 4. The second-order valence-electron chi connectivity index (χ2n) is 13.2. The summed E-state index contributed by atoms with van der Waals surface area (Å²) in [5.41, 5.74) is 3.99. The molecular formula is C40H46N4O10. The van der Waals surface area contributed by atoms with E-state index in [1.165, 1.54) is 20.8 Å². The summed E-state index contributed by atoms with van der Waals surface area (Å²) in [6, 6.07) is 27.6. The largest absolute Gasteiger partial charge is 0.530 e. The summed E-state index contributed by atoms with van der Waals surface area (Å²) in [7, 11) is 1.06. The van der Waals surface area contributed by atoms with Gasteiger partial charge in [-0.2, -0.15) is 0 Å². The van der Waals surface area contributed by atoms with Crippen molar-refractivity contribution in [3.8, 4) is 22.5 Å². The number of nitrogens with one attached hydrogen (secondary N) is 2. The molecule has 1 amide bonds. The summed E-state index contributed by atoms with van der Waals surface area (Å²) in [4.78, 5) is 68.8. The van der Waals surface area contributed by atoms with Gasteiger partial charge in [0.05, 0.1) is 31.7 Å². The van der Waals surface area contributed by atoms with Crippen molar-refractivity contribution in [1.82, 2.24) is 20.9 Å². The molecule has 0 saturated carbocycles. The molecule has 4 rings (SSSR count). The first-order chi connectivity index (χ1) is 26.0. The Hall–Kier alpha value is -6.02. The van der Waals surface area contributed by atoms with Gasteiger partial charge in [-0.25, -0.2) is 19.2 Å². The number of pyridine rings is 2. The summed E-state index contributed by atoms with van der Waals surface area (Å²) in [5.74, 6) is -1.34. The van der Waals surface area contributed by atoms with Gasteiger partial charge in [0.1, 0.15) is 0 Å². The minimum atomic E-state index is -2.47. The molecule has 0 fully saturated rings. The number of alkyl carbamates (subject to hydrolysis) is 1. The van der Waals surface area contributed by atoms with Crippen LogP contribution in [0.1, 0.15) is 57.6 Å². The van der Waals surface area contributed by atoms with Gasteiger partial charge in [0.15, 0.2) is 0 Å². The fourth-order valence-electron chi connectivity index (χ4n) is 5.23. The van der Waals surface area contributed by atoms with Crippen LogP contribution in [0, 0.1) is 5.41 Å². The van der Waals surface area contributed by atoms with Crippen molar-refractivity contribution < 1.29 is 47.8 Å². The van der Waals surface area contributed by atoms with Crippen molar-refractivity contribution in [3.05, 3.63) is 108 Å². The molecule has 2 aromatic carbocycles. The molecule has 0 spiro atoms. The van der Waals surface area contributed by atoms with Crippen LogP contribution < -0.4 is 11.0 Å². The highest BCUT2D eigenvalue weighted by atomic mass is 17.0.